The monoisotopic (exact) mass is 262 g/mol. The van der Waals surface area contributed by atoms with Gasteiger partial charge in [0, 0.05) is 13.2 Å². The largest absolute Gasteiger partial charge is 0.479 e. The first kappa shape index (κ1) is 16.9. The van der Waals surface area contributed by atoms with Crippen molar-refractivity contribution in [2.75, 3.05) is 13.2 Å². The van der Waals surface area contributed by atoms with Crippen molar-refractivity contribution < 1.29 is 29.3 Å². The van der Waals surface area contributed by atoms with E-state index in [9.17, 15) is 9.59 Å². The van der Waals surface area contributed by atoms with Crippen molar-refractivity contribution in [3.05, 3.63) is 0 Å². The molecular formula is C12H22O6. The van der Waals surface area contributed by atoms with Crippen molar-refractivity contribution in [3.8, 4) is 0 Å². The number of hydrogen-bond acceptors (Lipinski definition) is 4. The van der Waals surface area contributed by atoms with E-state index in [4.69, 9.17) is 19.7 Å². The van der Waals surface area contributed by atoms with E-state index in [0.717, 1.165) is 12.8 Å². The molecule has 0 aliphatic carbocycles. The second kappa shape index (κ2) is 9.85. The highest BCUT2D eigenvalue weighted by atomic mass is 16.6. The average molecular weight is 262 g/mol. The first-order chi connectivity index (χ1) is 8.54. The molecule has 18 heavy (non-hydrogen) atoms. The van der Waals surface area contributed by atoms with Gasteiger partial charge < -0.3 is 19.7 Å². The quantitative estimate of drug-likeness (QED) is 0.548. The molecule has 6 nitrogen and oxygen atoms in total. The molecule has 0 fully saturated rings. The Hall–Kier alpha value is -1.14. The summed E-state index contributed by atoms with van der Waals surface area (Å²) in [7, 11) is 0. The van der Waals surface area contributed by atoms with Gasteiger partial charge in [0.05, 0.1) is 0 Å². The Balaban J connectivity index is 4.45. The lowest BCUT2D eigenvalue weighted by Gasteiger charge is -2.21. The number of carboxylic acids is 2. The van der Waals surface area contributed by atoms with E-state index in [0.29, 0.717) is 12.8 Å². The van der Waals surface area contributed by atoms with Crippen molar-refractivity contribution in [1.82, 2.24) is 0 Å². The lowest BCUT2D eigenvalue weighted by molar-refractivity contribution is -0.176. The molecule has 106 valence electrons. The summed E-state index contributed by atoms with van der Waals surface area (Å²) >= 11 is 0. The average Bonchev–Trinajstić information content (AvgIpc) is 2.31. The molecule has 0 saturated heterocycles. The summed E-state index contributed by atoms with van der Waals surface area (Å²) in [4.78, 5) is 22.0. The highest BCUT2D eigenvalue weighted by molar-refractivity contribution is 5.83. The van der Waals surface area contributed by atoms with Crippen molar-refractivity contribution in [3.63, 3.8) is 0 Å². The van der Waals surface area contributed by atoms with Crippen LogP contribution in [-0.4, -0.2) is 47.6 Å². The molecular weight excluding hydrogens is 240 g/mol. The maximum absolute atomic E-state index is 11.0. The van der Waals surface area contributed by atoms with Crippen LogP contribution in [0.5, 0.6) is 0 Å². The van der Waals surface area contributed by atoms with Gasteiger partial charge in [0.2, 0.25) is 0 Å². The number of unbranched alkanes of at least 4 members (excludes halogenated alkanes) is 2. The Morgan fingerprint density at radius 3 is 1.44 bits per heavy atom. The first-order valence-electron chi connectivity index (χ1n) is 6.23. The molecule has 0 aromatic carbocycles. The molecule has 0 spiro atoms. The van der Waals surface area contributed by atoms with Gasteiger partial charge in [-0.3, -0.25) is 0 Å². The zero-order chi connectivity index (χ0) is 14.0. The van der Waals surface area contributed by atoms with E-state index in [1.54, 1.807) is 0 Å². The van der Waals surface area contributed by atoms with Crippen molar-refractivity contribution in [2.24, 2.45) is 0 Å². The number of carbonyl (C=O) groups is 2. The third-order valence-electron chi connectivity index (χ3n) is 2.35. The summed E-state index contributed by atoms with van der Waals surface area (Å²) in [6, 6.07) is 0. The van der Waals surface area contributed by atoms with Gasteiger partial charge in [0.1, 0.15) is 0 Å². The molecule has 0 aliphatic rings. The summed E-state index contributed by atoms with van der Waals surface area (Å²) in [6.07, 6.45) is 0.161. The van der Waals surface area contributed by atoms with Crippen LogP contribution in [-0.2, 0) is 19.1 Å². The fourth-order valence-electron chi connectivity index (χ4n) is 1.29. The summed E-state index contributed by atoms with van der Waals surface area (Å²) in [5.74, 6) is -2.62. The van der Waals surface area contributed by atoms with Crippen LogP contribution >= 0.6 is 0 Å². The summed E-state index contributed by atoms with van der Waals surface area (Å²) in [5.41, 5.74) is 0. The van der Waals surface area contributed by atoms with Gasteiger partial charge >= 0.3 is 11.9 Å². The van der Waals surface area contributed by atoms with E-state index in [-0.39, 0.29) is 13.2 Å². The molecule has 0 amide bonds. The van der Waals surface area contributed by atoms with E-state index in [2.05, 4.69) is 0 Å². The molecule has 6 heteroatoms. The highest BCUT2D eigenvalue weighted by Gasteiger charge is 2.35. The van der Waals surface area contributed by atoms with E-state index in [1.807, 2.05) is 13.8 Å². The van der Waals surface area contributed by atoms with Gasteiger partial charge in [-0.15, -0.1) is 0 Å². The fraction of sp³-hybridized carbons (Fsp3) is 0.833. The predicted molar refractivity (Wildman–Crippen MR) is 64.6 cm³/mol. The zero-order valence-corrected chi connectivity index (χ0v) is 10.9. The second-order valence-electron chi connectivity index (χ2n) is 3.97. The van der Waals surface area contributed by atoms with Crippen LogP contribution in [0.15, 0.2) is 0 Å². The summed E-state index contributed by atoms with van der Waals surface area (Å²) < 4.78 is 10.2. The topological polar surface area (TPSA) is 93.1 Å². The standard InChI is InChI=1S/C12H22O6/c1-3-5-7-17-9(11(13)14)10(12(15)16)18-8-6-4-2/h9-10H,3-8H2,1-2H3,(H,13,14)(H,15,16)/t9-,10-/m0/s1. The van der Waals surface area contributed by atoms with Crippen LogP contribution in [0.25, 0.3) is 0 Å². The van der Waals surface area contributed by atoms with Crippen LogP contribution < -0.4 is 0 Å². The number of rotatable bonds is 11. The second-order valence-corrected chi connectivity index (χ2v) is 3.97. The zero-order valence-electron chi connectivity index (χ0n) is 10.9. The van der Waals surface area contributed by atoms with Gasteiger partial charge in [-0.2, -0.15) is 0 Å². The van der Waals surface area contributed by atoms with E-state index >= 15 is 0 Å². The predicted octanol–water partition coefficient (Wildman–Crippen LogP) is 1.53. The molecule has 0 unspecified atom stereocenters. The lowest BCUT2D eigenvalue weighted by atomic mass is 10.2. The Labute approximate surface area is 107 Å². The van der Waals surface area contributed by atoms with Gasteiger partial charge in [0.15, 0.2) is 12.2 Å². The Bertz CT molecular complexity index is 227. The normalized spacial score (nSPS) is 14.1. The van der Waals surface area contributed by atoms with Crippen LogP contribution in [0.1, 0.15) is 39.5 Å². The number of ether oxygens (including phenoxy) is 2. The SMILES string of the molecule is CCCCO[C@H](C(=O)O)[C@H](OCCCC)C(=O)O. The molecule has 0 heterocycles. The fourth-order valence-corrected chi connectivity index (χ4v) is 1.29. The third kappa shape index (κ3) is 6.56. The molecule has 0 aromatic heterocycles. The first-order valence-corrected chi connectivity index (χ1v) is 6.23. The lowest BCUT2D eigenvalue weighted by Crippen LogP contribution is -2.44. The van der Waals surface area contributed by atoms with Crippen LogP contribution in [0.4, 0.5) is 0 Å². The Morgan fingerprint density at radius 2 is 1.22 bits per heavy atom. The van der Waals surface area contributed by atoms with E-state index in [1.165, 1.54) is 0 Å². The van der Waals surface area contributed by atoms with E-state index < -0.39 is 24.1 Å². The van der Waals surface area contributed by atoms with Crippen LogP contribution in [0, 0.1) is 0 Å². The van der Waals surface area contributed by atoms with Gasteiger partial charge in [-0.1, -0.05) is 26.7 Å². The molecule has 0 bridgehead atoms. The minimum atomic E-state index is -1.45. The van der Waals surface area contributed by atoms with Crippen molar-refractivity contribution in [1.29, 1.82) is 0 Å². The number of hydrogen-bond donors (Lipinski definition) is 2. The van der Waals surface area contributed by atoms with Gasteiger partial charge in [-0.25, -0.2) is 9.59 Å². The van der Waals surface area contributed by atoms with Crippen molar-refractivity contribution in [2.45, 2.75) is 51.7 Å². The molecule has 0 aromatic rings. The molecule has 0 saturated carbocycles. The summed E-state index contributed by atoms with van der Waals surface area (Å²) in [5, 5.41) is 18.0. The van der Waals surface area contributed by atoms with Gasteiger partial charge in [-0.05, 0) is 12.8 Å². The van der Waals surface area contributed by atoms with Crippen molar-refractivity contribution >= 4 is 11.9 Å². The Kier molecular flexibility index (Phi) is 9.22. The highest BCUT2D eigenvalue weighted by Crippen LogP contribution is 2.08. The summed E-state index contributed by atoms with van der Waals surface area (Å²) in [6.45, 7) is 4.31. The molecule has 0 rings (SSSR count). The van der Waals surface area contributed by atoms with Crippen LogP contribution in [0.2, 0.25) is 0 Å². The Morgan fingerprint density at radius 1 is 0.889 bits per heavy atom. The van der Waals surface area contributed by atoms with Crippen LogP contribution in [0.3, 0.4) is 0 Å². The minimum Gasteiger partial charge on any atom is -0.479 e. The smallest absolute Gasteiger partial charge is 0.336 e. The number of carboxylic acid groups (broad SMARTS) is 2. The third-order valence-corrected chi connectivity index (χ3v) is 2.35. The van der Waals surface area contributed by atoms with Gasteiger partial charge in [0.25, 0.3) is 0 Å². The minimum absolute atomic E-state index is 0.217. The molecule has 2 N–H and O–H groups in total. The molecule has 2 atom stereocenters. The number of aliphatic carboxylic acids is 2. The molecule has 0 radical (unpaired) electrons. The molecule has 0 aliphatic heterocycles. The maximum atomic E-state index is 11.0. The maximum Gasteiger partial charge on any atom is 0.336 e.